The lowest BCUT2D eigenvalue weighted by atomic mass is 9.97. The van der Waals surface area contributed by atoms with Crippen LogP contribution in [0.25, 0.3) is 0 Å². The van der Waals surface area contributed by atoms with E-state index in [1.54, 1.807) is 24.3 Å². The van der Waals surface area contributed by atoms with Gasteiger partial charge in [-0.25, -0.2) is 19.4 Å². The van der Waals surface area contributed by atoms with Crippen molar-refractivity contribution in [3.05, 3.63) is 35.5 Å². The molecule has 2 aliphatic carbocycles. The van der Waals surface area contributed by atoms with Gasteiger partial charge in [-0.2, -0.15) is 0 Å². The van der Waals surface area contributed by atoms with E-state index in [0.717, 1.165) is 0 Å². The SMILES string of the molecule is O=C(O)COOC1(C(=O)O)C2=CC=C1C=C2. The average molecular weight is 224 g/mol. The fourth-order valence-electron chi connectivity index (χ4n) is 1.65. The quantitative estimate of drug-likeness (QED) is 0.514. The number of carboxylic acid groups (broad SMARTS) is 2. The van der Waals surface area contributed by atoms with Crippen LogP contribution < -0.4 is 0 Å². The molecule has 2 bridgehead atoms. The molecule has 0 aromatic heterocycles. The zero-order valence-corrected chi connectivity index (χ0v) is 8.04. The highest BCUT2D eigenvalue weighted by Crippen LogP contribution is 2.42. The molecule has 84 valence electrons. The van der Waals surface area contributed by atoms with Gasteiger partial charge in [0.2, 0.25) is 5.60 Å². The number of rotatable bonds is 5. The molecule has 0 aliphatic heterocycles. The minimum absolute atomic E-state index is 0.417. The molecule has 0 aromatic rings. The van der Waals surface area contributed by atoms with Gasteiger partial charge in [0.05, 0.1) is 0 Å². The van der Waals surface area contributed by atoms with Crippen molar-refractivity contribution in [1.82, 2.24) is 0 Å². The van der Waals surface area contributed by atoms with Gasteiger partial charge < -0.3 is 10.2 Å². The van der Waals surface area contributed by atoms with Crippen LogP contribution in [-0.2, 0) is 19.4 Å². The third-order valence-electron chi connectivity index (χ3n) is 2.37. The lowest BCUT2D eigenvalue weighted by Crippen LogP contribution is -2.41. The lowest BCUT2D eigenvalue weighted by Gasteiger charge is -2.23. The third kappa shape index (κ3) is 1.36. The summed E-state index contributed by atoms with van der Waals surface area (Å²) in [6.07, 6.45) is 6.36. The number of allylic oxidation sites excluding steroid dienone is 2. The molecule has 16 heavy (non-hydrogen) atoms. The van der Waals surface area contributed by atoms with E-state index in [9.17, 15) is 9.59 Å². The highest BCUT2D eigenvalue weighted by Gasteiger charge is 2.52. The van der Waals surface area contributed by atoms with Gasteiger partial charge in [0, 0.05) is 11.1 Å². The predicted octanol–water partition coefficient (Wildman–Crippen LogP) is 0.279. The summed E-state index contributed by atoms with van der Waals surface area (Å²) in [6, 6.07) is 0. The highest BCUT2D eigenvalue weighted by molar-refractivity contribution is 5.92. The Bertz CT molecular complexity index is 420. The summed E-state index contributed by atoms with van der Waals surface area (Å²) in [5.41, 5.74) is -0.865. The Kier molecular flexibility index (Phi) is 2.37. The molecule has 0 saturated heterocycles. The topological polar surface area (TPSA) is 93.1 Å². The number of aliphatic carboxylic acids is 2. The van der Waals surface area contributed by atoms with Crippen molar-refractivity contribution in [2.24, 2.45) is 0 Å². The van der Waals surface area contributed by atoms with Crippen molar-refractivity contribution in [3.8, 4) is 0 Å². The Labute approximate surface area is 90.0 Å². The number of carboxylic acids is 2. The molecule has 2 aliphatic rings. The van der Waals surface area contributed by atoms with Crippen LogP contribution in [0, 0.1) is 0 Å². The molecule has 0 saturated carbocycles. The maximum atomic E-state index is 11.2. The molecule has 6 heteroatoms. The van der Waals surface area contributed by atoms with E-state index >= 15 is 0 Å². The summed E-state index contributed by atoms with van der Waals surface area (Å²) in [6.45, 7) is -0.713. The van der Waals surface area contributed by atoms with Gasteiger partial charge in [0.1, 0.15) is 0 Å². The van der Waals surface area contributed by atoms with Crippen LogP contribution in [-0.4, -0.2) is 34.4 Å². The Hall–Kier alpha value is -1.92. The largest absolute Gasteiger partial charge is 0.479 e. The molecule has 0 amide bonds. The maximum absolute atomic E-state index is 11.2. The van der Waals surface area contributed by atoms with Crippen LogP contribution in [0.4, 0.5) is 0 Å². The first-order chi connectivity index (χ1) is 7.57. The Morgan fingerprint density at radius 1 is 1.19 bits per heavy atom. The lowest BCUT2D eigenvalue weighted by molar-refractivity contribution is -0.330. The molecule has 0 atom stereocenters. The van der Waals surface area contributed by atoms with Crippen LogP contribution in [0.15, 0.2) is 35.5 Å². The van der Waals surface area contributed by atoms with E-state index in [2.05, 4.69) is 4.89 Å². The molecule has 2 rings (SSSR count). The van der Waals surface area contributed by atoms with E-state index in [4.69, 9.17) is 15.1 Å². The molecule has 6 nitrogen and oxygen atoms in total. The Morgan fingerprint density at radius 3 is 2.12 bits per heavy atom. The number of carbonyl (C=O) groups is 2. The average Bonchev–Trinajstić information content (AvgIpc) is 2.73. The summed E-state index contributed by atoms with van der Waals surface area (Å²) < 4.78 is 0. The predicted molar refractivity (Wildman–Crippen MR) is 50.3 cm³/mol. The second kappa shape index (κ2) is 3.58. The van der Waals surface area contributed by atoms with Crippen LogP contribution in [0.3, 0.4) is 0 Å². The Balaban J connectivity index is 2.15. The monoisotopic (exact) mass is 224 g/mol. The smallest absolute Gasteiger partial charge is 0.348 e. The third-order valence-corrected chi connectivity index (χ3v) is 2.37. The summed E-state index contributed by atoms with van der Waals surface area (Å²) in [5.74, 6) is -2.47. The van der Waals surface area contributed by atoms with Crippen molar-refractivity contribution in [3.63, 3.8) is 0 Å². The molecule has 0 spiro atoms. The van der Waals surface area contributed by atoms with E-state index < -0.39 is 24.1 Å². The summed E-state index contributed by atoms with van der Waals surface area (Å²) in [5, 5.41) is 17.5. The van der Waals surface area contributed by atoms with Gasteiger partial charge >= 0.3 is 11.9 Å². The minimum atomic E-state index is -1.70. The Morgan fingerprint density at radius 2 is 1.75 bits per heavy atom. The molecule has 0 heterocycles. The van der Waals surface area contributed by atoms with Crippen LogP contribution in [0.5, 0.6) is 0 Å². The van der Waals surface area contributed by atoms with Gasteiger partial charge in [0.25, 0.3) is 0 Å². The highest BCUT2D eigenvalue weighted by atomic mass is 17.2. The van der Waals surface area contributed by atoms with Gasteiger partial charge in [-0.05, 0) is 0 Å². The van der Waals surface area contributed by atoms with E-state index in [0.29, 0.717) is 11.1 Å². The minimum Gasteiger partial charge on any atom is -0.479 e. The van der Waals surface area contributed by atoms with Crippen LogP contribution in [0.1, 0.15) is 0 Å². The summed E-state index contributed by atoms with van der Waals surface area (Å²) in [4.78, 5) is 30.6. The summed E-state index contributed by atoms with van der Waals surface area (Å²) in [7, 11) is 0. The van der Waals surface area contributed by atoms with E-state index in [1.165, 1.54) is 0 Å². The van der Waals surface area contributed by atoms with Gasteiger partial charge in [-0.1, -0.05) is 24.3 Å². The number of fused-ring (bicyclic) bond motifs is 2. The van der Waals surface area contributed by atoms with Crippen molar-refractivity contribution in [2.75, 3.05) is 6.61 Å². The van der Waals surface area contributed by atoms with Gasteiger partial charge in [-0.3, -0.25) is 0 Å². The molecule has 0 radical (unpaired) electrons. The number of hydrogen-bond donors (Lipinski definition) is 2. The van der Waals surface area contributed by atoms with Crippen molar-refractivity contribution in [1.29, 1.82) is 0 Å². The molecule has 2 N–H and O–H groups in total. The normalized spacial score (nSPS) is 19.5. The summed E-state index contributed by atoms with van der Waals surface area (Å²) >= 11 is 0. The van der Waals surface area contributed by atoms with E-state index in [-0.39, 0.29) is 0 Å². The first kappa shape index (κ1) is 10.6. The fraction of sp³-hybridized carbons (Fsp3) is 0.200. The standard InChI is InChI=1S/C10H8O6/c11-8(12)5-15-16-10(9(13)14)6-1-2-7(10)4-3-6/h1-4H,5H2,(H,11,12)(H,13,14). The second-order valence-electron chi connectivity index (χ2n) is 3.30. The van der Waals surface area contributed by atoms with Crippen molar-refractivity contribution < 1.29 is 29.6 Å². The van der Waals surface area contributed by atoms with Crippen molar-refractivity contribution >= 4 is 11.9 Å². The van der Waals surface area contributed by atoms with E-state index in [1.807, 2.05) is 0 Å². The van der Waals surface area contributed by atoms with Crippen LogP contribution in [0.2, 0.25) is 0 Å². The van der Waals surface area contributed by atoms with Gasteiger partial charge in [0.15, 0.2) is 6.61 Å². The maximum Gasteiger partial charge on any atom is 0.348 e. The van der Waals surface area contributed by atoms with Gasteiger partial charge in [-0.15, -0.1) is 0 Å². The first-order valence-corrected chi connectivity index (χ1v) is 4.44. The zero-order valence-electron chi connectivity index (χ0n) is 8.04. The zero-order chi connectivity index (χ0) is 11.8. The fourth-order valence-corrected chi connectivity index (χ4v) is 1.65. The molecular weight excluding hydrogens is 216 g/mol. The number of hydrogen-bond acceptors (Lipinski definition) is 4. The molecule has 0 unspecified atom stereocenters. The van der Waals surface area contributed by atoms with Crippen LogP contribution >= 0.6 is 0 Å². The molecule has 0 aromatic carbocycles. The first-order valence-electron chi connectivity index (χ1n) is 4.44. The molecular formula is C10H8O6. The second-order valence-corrected chi connectivity index (χ2v) is 3.30. The molecule has 0 fully saturated rings. The van der Waals surface area contributed by atoms with Crippen molar-refractivity contribution in [2.45, 2.75) is 5.60 Å².